The van der Waals surface area contributed by atoms with Gasteiger partial charge in [-0.25, -0.2) is 0 Å². The van der Waals surface area contributed by atoms with E-state index in [1.807, 2.05) is 36.6 Å². The number of hydrogen-bond donors (Lipinski definition) is 0. The summed E-state index contributed by atoms with van der Waals surface area (Å²) in [6.07, 6.45) is 2.18. The van der Waals surface area contributed by atoms with Gasteiger partial charge in [0, 0.05) is 42.0 Å². The fourth-order valence-electron chi connectivity index (χ4n) is 3.69. The average Bonchev–Trinajstić information content (AvgIpc) is 3.25. The first-order valence-electron chi connectivity index (χ1n) is 8.61. The molecule has 2 aliphatic rings. The summed E-state index contributed by atoms with van der Waals surface area (Å²) in [4.78, 5) is 8.31. The molecule has 2 saturated heterocycles. The number of thiophene rings is 1. The van der Waals surface area contributed by atoms with Gasteiger partial charge in [0.1, 0.15) is 5.75 Å². The first kappa shape index (κ1) is 16.1. The maximum absolute atomic E-state index is 6.04. The summed E-state index contributed by atoms with van der Waals surface area (Å²) in [5, 5.41) is 2.18. The van der Waals surface area contributed by atoms with Crippen LogP contribution in [0.2, 0.25) is 0 Å². The van der Waals surface area contributed by atoms with E-state index in [9.17, 15) is 0 Å². The van der Waals surface area contributed by atoms with Crippen molar-refractivity contribution in [1.29, 1.82) is 0 Å². The van der Waals surface area contributed by atoms with Crippen molar-refractivity contribution in [3.05, 3.63) is 45.9 Å². The average molecular weight is 344 g/mol. The van der Waals surface area contributed by atoms with Crippen LogP contribution in [0.4, 0.5) is 0 Å². The molecule has 3 atom stereocenters. The lowest BCUT2D eigenvalue weighted by atomic mass is 9.94. The molecule has 0 unspecified atom stereocenters. The zero-order valence-corrected chi connectivity index (χ0v) is 15.1. The number of pyridine rings is 1. The highest BCUT2D eigenvalue weighted by Crippen LogP contribution is 2.35. The number of aromatic nitrogens is 1. The van der Waals surface area contributed by atoms with E-state index in [-0.39, 0.29) is 0 Å². The Kier molecular flexibility index (Phi) is 4.57. The Balaban J connectivity index is 1.32. The van der Waals surface area contributed by atoms with Crippen molar-refractivity contribution >= 4 is 11.3 Å². The van der Waals surface area contributed by atoms with Crippen LogP contribution in [-0.4, -0.2) is 42.3 Å². The summed E-state index contributed by atoms with van der Waals surface area (Å²) in [5.41, 5.74) is 2.42. The Labute approximate surface area is 147 Å². The number of hydrogen-bond acceptors (Lipinski definition) is 5. The molecule has 2 aromatic rings. The van der Waals surface area contributed by atoms with E-state index in [0.29, 0.717) is 17.9 Å². The predicted octanol–water partition coefficient (Wildman–Crippen LogP) is 3.29. The molecule has 0 amide bonds. The van der Waals surface area contributed by atoms with Crippen molar-refractivity contribution < 1.29 is 9.47 Å². The number of rotatable bonds is 5. The monoisotopic (exact) mass is 344 g/mol. The Morgan fingerprint density at radius 3 is 2.96 bits per heavy atom. The standard InChI is InChI=1S/C19H24N2O2S/c1-13-5-6-24-19(13)10-21-8-17-15(12-23-18(17)9-21)11-22-16-4-3-14(2)20-7-16/h3-7,15,17-18H,8-12H2,1-2H3/t15-,17-,18-/m1/s1. The number of aryl methyl sites for hydroxylation is 2. The van der Waals surface area contributed by atoms with Gasteiger partial charge in [0.25, 0.3) is 0 Å². The van der Waals surface area contributed by atoms with E-state index in [1.54, 1.807) is 0 Å². The van der Waals surface area contributed by atoms with Gasteiger partial charge in [0.2, 0.25) is 0 Å². The predicted molar refractivity (Wildman–Crippen MR) is 95.5 cm³/mol. The van der Waals surface area contributed by atoms with Gasteiger partial charge in [-0.3, -0.25) is 9.88 Å². The second-order valence-electron chi connectivity index (χ2n) is 6.96. The Bertz CT molecular complexity index is 685. The molecular formula is C19H24N2O2S. The Hall–Kier alpha value is -1.43. The molecule has 0 radical (unpaired) electrons. The molecule has 2 aromatic heterocycles. The maximum Gasteiger partial charge on any atom is 0.137 e. The molecule has 2 fully saturated rings. The molecule has 4 nitrogen and oxygen atoms in total. The number of nitrogens with zero attached hydrogens (tertiary/aromatic N) is 2. The quantitative estimate of drug-likeness (QED) is 0.834. The van der Waals surface area contributed by atoms with E-state index in [4.69, 9.17) is 9.47 Å². The molecule has 0 aliphatic carbocycles. The molecule has 0 bridgehead atoms. The van der Waals surface area contributed by atoms with E-state index in [2.05, 4.69) is 28.3 Å². The topological polar surface area (TPSA) is 34.6 Å². The highest BCUT2D eigenvalue weighted by molar-refractivity contribution is 7.10. The summed E-state index contributed by atoms with van der Waals surface area (Å²) in [6.45, 7) is 8.94. The summed E-state index contributed by atoms with van der Waals surface area (Å²) in [5.74, 6) is 1.92. The third kappa shape index (κ3) is 3.34. The Morgan fingerprint density at radius 2 is 2.21 bits per heavy atom. The molecule has 0 aromatic carbocycles. The van der Waals surface area contributed by atoms with Crippen LogP contribution in [0.1, 0.15) is 16.1 Å². The van der Waals surface area contributed by atoms with Crippen LogP contribution in [0.5, 0.6) is 5.75 Å². The minimum atomic E-state index is 0.370. The normalized spacial score (nSPS) is 26.7. The maximum atomic E-state index is 6.04. The SMILES string of the molecule is Cc1ccc(OC[C@@H]2CO[C@@H]3CN(Cc4sccc4C)C[C@H]23)cn1. The minimum Gasteiger partial charge on any atom is -0.492 e. The molecular weight excluding hydrogens is 320 g/mol. The zero-order valence-electron chi connectivity index (χ0n) is 14.3. The molecule has 0 saturated carbocycles. The van der Waals surface area contributed by atoms with Crippen LogP contribution < -0.4 is 4.74 Å². The molecule has 0 spiro atoms. The summed E-state index contributed by atoms with van der Waals surface area (Å²) in [6, 6.07) is 6.19. The smallest absolute Gasteiger partial charge is 0.137 e. The fourth-order valence-corrected chi connectivity index (χ4v) is 4.64. The zero-order chi connectivity index (χ0) is 16.5. The van der Waals surface area contributed by atoms with Gasteiger partial charge in [0.15, 0.2) is 0 Å². The number of ether oxygens (including phenoxy) is 2. The summed E-state index contributed by atoms with van der Waals surface area (Å²) >= 11 is 1.86. The summed E-state index contributed by atoms with van der Waals surface area (Å²) < 4.78 is 12.0. The minimum absolute atomic E-state index is 0.370. The number of likely N-dealkylation sites (tertiary alicyclic amines) is 1. The van der Waals surface area contributed by atoms with Crippen LogP contribution in [0.25, 0.3) is 0 Å². The van der Waals surface area contributed by atoms with Gasteiger partial charge >= 0.3 is 0 Å². The first-order valence-corrected chi connectivity index (χ1v) is 9.49. The van der Waals surface area contributed by atoms with Gasteiger partial charge in [-0.15, -0.1) is 11.3 Å². The third-order valence-corrected chi connectivity index (χ3v) is 6.21. The third-order valence-electron chi connectivity index (χ3n) is 5.20. The molecule has 2 aliphatic heterocycles. The van der Waals surface area contributed by atoms with Crippen LogP contribution in [-0.2, 0) is 11.3 Å². The molecule has 24 heavy (non-hydrogen) atoms. The van der Waals surface area contributed by atoms with Gasteiger partial charge < -0.3 is 9.47 Å². The van der Waals surface area contributed by atoms with Crippen molar-refractivity contribution in [3.63, 3.8) is 0 Å². The first-order chi connectivity index (χ1) is 11.7. The number of fused-ring (bicyclic) bond motifs is 1. The van der Waals surface area contributed by atoms with Crippen molar-refractivity contribution in [2.45, 2.75) is 26.5 Å². The lowest BCUT2D eigenvalue weighted by molar-refractivity contribution is 0.0898. The summed E-state index contributed by atoms with van der Waals surface area (Å²) in [7, 11) is 0. The highest BCUT2D eigenvalue weighted by atomic mass is 32.1. The van der Waals surface area contributed by atoms with Crippen LogP contribution >= 0.6 is 11.3 Å². The van der Waals surface area contributed by atoms with E-state index >= 15 is 0 Å². The van der Waals surface area contributed by atoms with E-state index in [1.165, 1.54) is 10.4 Å². The van der Waals surface area contributed by atoms with E-state index < -0.39 is 0 Å². The highest BCUT2D eigenvalue weighted by Gasteiger charge is 2.44. The van der Waals surface area contributed by atoms with Crippen molar-refractivity contribution in [2.75, 3.05) is 26.3 Å². The van der Waals surface area contributed by atoms with Crippen molar-refractivity contribution in [2.24, 2.45) is 11.8 Å². The van der Waals surface area contributed by atoms with Crippen molar-refractivity contribution in [3.8, 4) is 5.75 Å². The van der Waals surface area contributed by atoms with Gasteiger partial charge in [-0.2, -0.15) is 0 Å². The second kappa shape index (κ2) is 6.82. The molecule has 128 valence electrons. The molecule has 0 N–H and O–H groups in total. The van der Waals surface area contributed by atoms with Gasteiger partial charge in [0.05, 0.1) is 25.5 Å². The molecule has 5 heteroatoms. The van der Waals surface area contributed by atoms with Gasteiger partial charge in [-0.1, -0.05) is 0 Å². The van der Waals surface area contributed by atoms with Crippen molar-refractivity contribution in [1.82, 2.24) is 9.88 Å². The lowest BCUT2D eigenvalue weighted by Crippen LogP contribution is -2.26. The molecule has 4 rings (SSSR count). The van der Waals surface area contributed by atoms with Crippen LogP contribution in [0.3, 0.4) is 0 Å². The van der Waals surface area contributed by atoms with E-state index in [0.717, 1.165) is 44.3 Å². The van der Waals surface area contributed by atoms with Gasteiger partial charge in [-0.05, 0) is 43.0 Å². The fraction of sp³-hybridized carbons (Fsp3) is 0.526. The second-order valence-corrected chi connectivity index (χ2v) is 7.96. The molecule has 4 heterocycles. The Morgan fingerprint density at radius 1 is 1.29 bits per heavy atom. The van der Waals surface area contributed by atoms with Crippen LogP contribution in [0.15, 0.2) is 29.8 Å². The van der Waals surface area contributed by atoms with Crippen LogP contribution in [0, 0.1) is 25.7 Å². The largest absolute Gasteiger partial charge is 0.492 e. The lowest BCUT2D eigenvalue weighted by Gasteiger charge is -2.19.